The summed E-state index contributed by atoms with van der Waals surface area (Å²) in [5, 5.41) is 9.36. The third-order valence-electron chi connectivity index (χ3n) is 3.38. The van der Waals surface area contributed by atoms with Gasteiger partial charge in [-0.3, -0.25) is 4.57 Å². The molecule has 9 heteroatoms. The zero-order valence-electron chi connectivity index (χ0n) is 12.8. The Morgan fingerprint density at radius 1 is 1.27 bits per heavy atom. The minimum absolute atomic E-state index is 0.170. The summed E-state index contributed by atoms with van der Waals surface area (Å²) in [5.74, 6) is 0.314. The maximum atomic E-state index is 9.36. The van der Waals surface area contributed by atoms with Crippen LogP contribution in [-0.2, 0) is 14.2 Å². The van der Waals surface area contributed by atoms with Crippen molar-refractivity contribution in [1.82, 2.24) is 19.5 Å². The molecule has 0 fully saturated rings. The van der Waals surface area contributed by atoms with Crippen LogP contribution in [-0.4, -0.2) is 64.3 Å². The maximum absolute atomic E-state index is 9.36. The van der Waals surface area contributed by atoms with Gasteiger partial charge in [0.2, 0.25) is 0 Å². The van der Waals surface area contributed by atoms with Crippen LogP contribution < -0.4 is 5.73 Å². The van der Waals surface area contributed by atoms with E-state index in [9.17, 15) is 5.11 Å². The Hall–Kier alpha value is -1.81. The first-order chi connectivity index (χ1) is 10.6. The van der Waals surface area contributed by atoms with E-state index in [4.69, 9.17) is 19.9 Å². The Labute approximate surface area is 128 Å². The van der Waals surface area contributed by atoms with Crippen LogP contribution in [0.25, 0.3) is 11.2 Å². The Morgan fingerprint density at radius 3 is 2.68 bits per heavy atom. The van der Waals surface area contributed by atoms with Gasteiger partial charge in [0, 0.05) is 14.2 Å². The van der Waals surface area contributed by atoms with E-state index in [-0.39, 0.29) is 13.2 Å². The fourth-order valence-corrected chi connectivity index (χ4v) is 2.20. The highest BCUT2D eigenvalue weighted by atomic mass is 16.6. The molecule has 0 saturated carbocycles. The van der Waals surface area contributed by atoms with E-state index < -0.39 is 18.4 Å². The van der Waals surface area contributed by atoms with E-state index in [1.807, 2.05) is 6.92 Å². The van der Waals surface area contributed by atoms with Crippen LogP contribution in [0.5, 0.6) is 0 Å². The van der Waals surface area contributed by atoms with Crippen LogP contribution in [0.1, 0.15) is 13.2 Å². The molecule has 0 aromatic carbocycles. The molecule has 122 valence electrons. The molecular formula is C13H21N5O4. The van der Waals surface area contributed by atoms with Gasteiger partial charge in [-0.2, -0.15) is 0 Å². The van der Waals surface area contributed by atoms with Gasteiger partial charge in [-0.15, -0.1) is 0 Å². The number of aliphatic hydroxyl groups excluding tert-OH is 1. The summed E-state index contributed by atoms with van der Waals surface area (Å²) in [6, 6.07) is 0. The fraction of sp³-hybridized carbons (Fsp3) is 0.615. The van der Waals surface area contributed by atoms with Gasteiger partial charge in [0.1, 0.15) is 30.3 Å². The summed E-state index contributed by atoms with van der Waals surface area (Å²) in [4.78, 5) is 12.3. The molecule has 0 aliphatic heterocycles. The number of aliphatic hydroxyl groups is 1. The molecule has 2 heterocycles. The molecule has 9 nitrogen and oxygen atoms in total. The van der Waals surface area contributed by atoms with Gasteiger partial charge >= 0.3 is 0 Å². The number of rotatable bonds is 8. The molecule has 2 aromatic rings. The largest absolute Gasteiger partial charge is 0.394 e. The highest BCUT2D eigenvalue weighted by Gasteiger charge is 2.25. The Bertz CT molecular complexity index is 601. The molecule has 0 saturated heterocycles. The van der Waals surface area contributed by atoms with E-state index in [2.05, 4.69) is 15.0 Å². The second kappa shape index (κ2) is 7.45. The maximum Gasteiger partial charge on any atom is 0.167 e. The summed E-state index contributed by atoms with van der Waals surface area (Å²) < 4.78 is 18.0. The molecule has 0 aliphatic carbocycles. The van der Waals surface area contributed by atoms with Crippen LogP contribution in [0.2, 0.25) is 0 Å². The highest BCUT2D eigenvalue weighted by Crippen LogP contribution is 2.21. The third-order valence-corrected chi connectivity index (χ3v) is 3.38. The molecule has 0 aliphatic rings. The molecule has 2 rings (SSSR count). The SMILES string of the molecule is COCC(OC(C)n1cnc2c(N)ncnc21)C(CO)OC. The van der Waals surface area contributed by atoms with E-state index in [1.165, 1.54) is 13.4 Å². The van der Waals surface area contributed by atoms with E-state index in [0.717, 1.165) is 0 Å². The molecule has 2 aromatic heterocycles. The van der Waals surface area contributed by atoms with Gasteiger partial charge in [-0.05, 0) is 6.92 Å². The molecule has 22 heavy (non-hydrogen) atoms. The number of nitrogens with two attached hydrogens (primary N) is 1. The zero-order chi connectivity index (χ0) is 16.1. The number of anilines is 1. The molecule has 3 unspecified atom stereocenters. The van der Waals surface area contributed by atoms with Crippen molar-refractivity contribution in [2.75, 3.05) is 33.2 Å². The van der Waals surface area contributed by atoms with Crippen molar-refractivity contribution in [3.05, 3.63) is 12.7 Å². The monoisotopic (exact) mass is 311 g/mol. The number of hydrogen-bond donors (Lipinski definition) is 2. The molecular weight excluding hydrogens is 290 g/mol. The Morgan fingerprint density at radius 2 is 2.05 bits per heavy atom. The zero-order valence-corrected chi connectivity index (χ0v) is 12.8. The predicted molar refractivity (Wildman–Crippen MR) is 79.1 cm³/mol. The molecule has 0 spiro atoms. The number of imidazole rings is 1. The van der Waals surface area contributed by atoms with Gasteiger partial charge < -0.3 is 25.1 Å². The van der Waals surface area contributed by atoms with Gasteiger partial charge in [-0.1, -0.05) is 0 Å². The number of fused-ring (bicyclic) bond motifs is 1. The summed E-state index contributed by atoms with van der Waals surface area (Å²) >= 11 is 0. The minimum atomic E-state index is -0.489. The summed E-state index contributed by atoms with van der Waals surface area (Å²) in [7, 11) is 3.07. The van der Waals surface area contributed by atoms with Crippen LogP contribution in [0, 0.1) is 0 Å². The lowest BCUT2D eigenvalue weighted by molar-refractivity contribution is -0.140. The summed E-state index contributed by atoms with van der Waals surface area (Å²) in [6.07, 6.45) is 1.64. The topological polar surface area (TPSA) is 118 Å². The van der Waals surface area contributed by atoms with Crippen molar-refractivity contribution < 1.29 is 19.3 Å². The Balaban J connectivity index is 2.21. The summed E-state index contributed by atoms with van der Waals surface area (Å²) in [6.45, 7) is 1.95. The van der Waals surface area contributed by atoms with Crippen molar-refractivity contribution in [3.63, 3.8) is 0 Å². The van der Waals surface area contributed by atoms with Crippen molar-refractivity contribution >= 4 is 17.0 Å². The number of nitrogens with zero attached hydrogens (tertiary/aromatic N) is 4. The fourth-order valence-electron chi connectivity index (χ4n) is 2.20. The van der Waals surface area contributed by atoms with Crippen molar-refractivity contribution in [2.24, 2.45) is 0 Å². The number of ether oxygens (including phenoxy) is 3. The van der Waals surface area contributed by atoms with Gasteiger partial charge in [0.05, 0.1) is 19.5 Å². The first kappa shape index (κ1) is 16.6. The van der Waals surface area contributed by atoms with E-state index in [1.54, 1.807) is 18.0 Å². The number of nitrogen functional groups attached to an aromatic ring is 1. The van der Waals surface area contributed by atoms with Crippen LogP contribution in [0.3, 0.4) is 0 Å². The second-order valence-electron chi connectivity index (χ2n) is 4.77. The first-order valence-electron chi connectivity index (χ1n) is 6.83. The number of hydrogen-bond acceptors (Lipinski definition) is 8. The standard InChI is InChI=1S/C13H21N5O4/c1-8(22-10(5-20-2)9(4-19)21-3)18-7-17-11-12(14)15-6-16-13(11)18/h6-10,19H,4-5H2,1-3H3,(H2,14,15,16). The van der Waals surface area contributed by atoms with Gasteiger partial charge in [-0.25, -0.2) is 15.0 Å². The van der Waals surface area contributed by atoms with Crippen molar-refractivity contribution in [1.29, 1.82) is 0 Å². The smallest absolute Gasteiger partial charge is 0.167 e. The number of methoxy groups -OCH3 is 2. The van der Waals surface area contributed by atoms with Crippen molar-refractivity contribution in [3.8, 4) is 0 Å². The molecule has 0 amide bonds. The van der Waals surface area contributed by atoms with Crippen LogP contribution in [0.4, 0.5) is 5.82 Å². The first-order valence-corrected chi connectivity index (χ1v) is 6.83. The number of aromatic nitrogens is 4. The van der Waals surface area contributed by atoms with Crippen LogP contribution in [0.15, 0.2) is 12.7 Å². The molecule has 3 atom stereocenters. The highest BCUT2D eigenvalue weighted by molar-refractivity contribution is 5.81. The van der Waals surface area contributed by atoms with E-state index >= 15 is 0 Å². The Kier molecular flexibility index (Phi) is 5.61. The lowest BCUT2D eigenvalue weighted by Gasteiger charge is -2.27. The third kappa shape index (κ3) is 3.33. The van der Waals surface area contributed by atoms with E-state index in [0.29, 0.717) is 17.0 Å². The normalized spacial score (nSPS) is 15.8. The molecule has 0 bridgehead atoms. The molecule has 0 radical (unpaired) electrons. The summed E-state index contributed by atoms with van der Waals surface area (Å²) in [5.41, 5.74) is 6.87. The minimum Gasteiger partial charge on any atom is -0.394 e. The predicted octanol–water partition coefficient (Wildman–Crippen LogP) is -0.0341. The quantitative estimate of drug-likeness (QED) is 0.697. The lowest BCUT2D eigenvalue weighted by Crippen LogP contribution is -2.38. The van der Waals surface area contributed by atoms with Gasteiger partial charge in [0.15, 0.2) is 11.5 Å². The van der Waals surface area contributed by atoms with Gasteiger partial charge in [0.25, 0.3) is 0 Å². The average Bonchev–Trinajstić information content (AvgIpc) is 2.94. The van der Waals surface area contributed by atoms with Crippen LogP contribution >= 0.6 is 0 Å². The molecule has 3 N–H and O–H groups in total. The van der Waals surface area contributed by atoms with Crippen molar-refractivity contribution in [2.45, 2.75) is 25.4 Å². The second-order valence-corrected chi connectivity index (χ2v) is 4.77. The lowest BCUT2D eigenvalue weighted by atomic mass is 10.2. The average molecular weight is 311 g/mol.